The fraction of sp³-hybridized carbons (Fsp3) is 0.545. The van der Waals surface area contributed by atoms with E-state index in [0.717, 1.165) is 28.8 Å². The predicted octanol–water partition coefficient (Wildman–Crippen LogP) is 2.69. The van der Waals surface area contributed by atoms with Crippen molar-refractivity contribution in [3.05, 3.63) is 22.3 Å². The van der Waals surface area contributed by atoms with Crippen molar-refractivity contribution >= 4 is 21.7 Å². The molecule has 0 aliphatic carbocycles. The summed E-state index contributed by atoms with van der Waals surface area (Å²) >= 11 is 3.43. The maximum absolute atomic E-state index is 5.68. The molecule has 0 radical (unpaired) electrons. The van der Waals surface area contributed by atoms with Gasteiger partial charge < -0.3 is 11.1 Å². The fourth-order valence-electron chi connectivity index (χ4n) is 1.43. The molecule has 1 unspecified atom stereocenters. The highest BCUT2D eigenvalue weighted by molar-refractivity contribution is 9.10. The van der Waals surface area contributed by atoms with E-state index in [9.17, 15) is 0 Å². The Morgan fingerprint density at radius 1 is 1.53 bits per heavy atom. The Kier molecular flexibility index (Phi) is 5.05. The monoisotopic (exact) mass is 271 g/mol. The van der Waals surface area contributed by atoms with Crippen LogP contribution < -0.4 is 11.1 Å². The molecule has 0 fully saturated rings. The number of nitrogens with two attached hydrogens (primary N) is 1. The maximum Gasteiger partial charge on any atom is 0.126 e. The van der Waals surface area contributed by atoms with Crippen LogP contribution in [0.25, 0.3) is 0 Å². The zero-order valence-corrected chi connectivity index (χ0v) is 10.8. The molecule has 0 saturated heterocycles. The van der Waals surface area contributed by atoms with Crippen LogP contribution >= 0.6 is 15.9 Å². The van der Waals surface area contributed by atoms with Crippen molar-refractivity contribution in [3.63, 3.8) is 0 Å². The minimum atomic E-state index is 0.322. The Balaban J connectivity index is 2.66. The van der Waals surface area contributed by atoms with Gasteiger partial charge in [-0.15, -0.1) is 0 Å². The largest absolute Gasteiger partial charge is 0.366 e. The Morgan fingerprint density at radius 3 is 2.80 bits per heavy atom. The van der Waals surface area contributed by atoms with E-state index in [-0.39, 0.29) is 0 Å². The molecule has 1 aromatic heterocycles. The molecule has 1 rings (SSSR count). The lowest BCUT2D eigenvalue weighted by Gasteiger charge is -2.16. The number of nitrogens with zero attached hydrogens (tertiary/aromatic N) is 1. The molecule has 0 aliphatic heterocycles. The fourth-order valence-corrected chi connectivity index (χ4v) is 1.65. The highest BCUT2D eigenvalue weighted by atomic mass is 79.9. The van der Waals surface area contributed by atoms with Crippen molar-refractivity contribution in [1.82, 2.24) is 4.98 Å². The number of nitrogens with one attached hydrogen (secondary N) is 1. The molecule has 0 aromatic carbocycles. The SMILES string of the molecule is CCCC(CN)Nc1ccc(Br)c(C)n1. The Labute approximate surface area is 99.6 Å². The van der Waals surface area contributed by atoms with Gasteiger partial charge in [-0.3, -0.25) is 0 Å². The van der Waals surface area contributed by atoms with Crippen LogP contribution in [0.1, 0.15) is 25.5 Å². The number of aromatic nitrogens is 1. The smallest absolute Gasteiger partial charge is 0.126 e. The minimum Gasteiger partial charge on any atom is -0.366 e. The molecule has 0 saturated carbocycles. The van der Waals surface area contributed by atoms with E-state index < -0.39 is 0 Å². The Bertz CT molecular complexity index is 315. The van der Waals surface area contributed by atoms with Gasteiger partial charge in [0.2, 0.25) is 0 Å². The second-order valence-electron chi connectivity index (χ2n) is 3.63. The summed E-state index contributed by atoms with van der Waals surface area (Å²) < 4.78 is 1.04. The van der Waals surface area contributed by atoms with Crippen LogP contribution in [-0.2, 0) is 0 Å². The van der Waals surface area contributed by atoms with Crippen molar-refractivity contribution in [2.75, 3.05) is 11.9 Å². The summed E-state index contributed by atoms with van der Waals surface area (Å²) in [4.78, 5) is 4.43. The first-order valence-corrected chi connectivity index (χ1v) is 6.06. The van der Waals surface area contributed by atoms with Crippen LogP contribution in [0.5, 0.6) is 0 Å². The number of anilines is 1. The second kappa shape index (κ2) is 6.08. The highest BCUT2D eigenvalue weighted by Crippen LogP contribution is 2.17. The number of aryl methyl sites for hydroxylation is 1. The molecule has 1 aromatic rings. The van der Waals surface area contributed by atoms with E-state index in [4.69, 9.17) is 5.73 Å². The van der Waals surface area contributed by atoms with Crippen LogP contribution in [0.3, 0.4) is 0 Å². The quantitative estimate of drug-likeness (QED) is 0.866. The van der Waals surface area contributed by atoms with E-state index in [1.807, 2.05) is 19.1 Å². The van der Waals surface area contributed by atoms with Gasteiger partial charge in [-0.1, -0.05) is 13.3 Å². The third kappa shape index (κ3) is 3.80. The van der Waals surface area contributed by atoms with Crippen molar-refractivity contribution in [3.8, 4) is 0 Å². The molecule has 3 nitrogen and oxygen atoms in total. The van der Waals surface area contributed by atoms with Gasteiger partial charge in [0, 0.05) is 17.1 Å². The maximum atomic E-state index is 5.68. The van der Waals surface area contributed by atoms with Crippen molar-refractivity contribution in [1.29, 1.82) is 0 Å². The summed E-state index contributed by atoms with van der Waals surface area (Å²) in [6.07, 6.45) is 2.21. The number of rotatable bonds is 5. The van der Waals surface area contributed by atoms with Crippen LogP contribution in [0.4, 0.5) is 5.82 Å². The summed E-state index contributed by atoms with van der Waals surface area (Å²) in [5.41, 5.74) is 6.67. The van der Waals surface area contributed by atoms with Gasteiger partial charge in [0.25, 0.3) is 0 Å². The summed E-state index contributed by atoms with van der Waals surface area (Å²) in [5, 5.41) is 3.34. The van der Waals surface area contributed by atoms with Crippen LogP contribution in [0.15, 0.2) is 16.6 Å². The minimum absolute atomic E-state index is 0.322. The topological polar surface area (TPSA) is 50.9 Å². The first kappa shape index (κ1) is 12.5. The zero-order chi connectivity index (χ0) is 11.3. The van der Waals surface area contributed by atoms with E-state index in [2.05, 4.69) is 33.2 Å². The standard InChI is InChI=1S/C11H18BrN3/c1-3-4-9(7-13)15-11-6-5-10(12)8(2)14-11/h5-6,9H,3-4,7,13H2,1-2H3,(H,14,15). The number of hydrogen-bond donors (Lipinski definition) is 2. The molecule has 15 heavy (non-hydrogen) atoms. The molecular formula is C11H18BrN3. The summed E-state index contributed by atoms with van der Waals surface area (Å²) in [7, 11) is 0. The van der Waals surface area contributed by atoms with E-state index in [1.165, 1.54) is 0 Å². The van der Waals surface area contributed by atoms with Crippen LogP contribution in [0, 0.1) is 6.92 Å². The molecule has 0 amide bonds. The van der Waals surface area contributed by atoms with Gasteiger partial charge in [0.1, 0.15) is 5.82 Å². The van der Waals surface area contributed by atoms with Gasteiger partial charge in [0.05, 0.1) is 5.69 Å². The Morgan fingerprint density at radius 2 is 2.27 bits per heavy atom. The van der Waals surface area contributed by atoms with E-state index in [1.54, 1.807) is 0 Å². The molecule has 0 aliphatic rings. The number of pyridine rings is 1. The Hall–Kier alpha value is -0.610. The lowest BCUT2D eigenvalue weighted by atomic mass is 10.1. The molecule has 1 atom stereocenters. The molecule has 3 N–H and O–H groups in total. The van der Waals surface area contributed by atoms with Gasteiger partial charge in [0.15, 0.2) is 0 Å². The predicted molar refractivity (Wildman–Crippen MR) is 68.0 cm³/mol. The third-order valence-electron chi connectivity index (χ3n) is 2.29. The summed E-state index contributed by atoms with van der Waals surface area (Å²) in [6.45, 7) is 4.78. The lowest BCUT2D eigenvalue weighted by Crippen LogP contribution is -2.29. The first-order valence-electron chi connectivity index (χ1n) is 5.27. The van der Waals surface area contributed by atoms with Crippen molar-refractivity contribution in [2.24, 2.45) is 5.73 Å². The average Bonchev–Trinajstić information content (AvgIpc) is 2.23. The second-order valence-corrected chi connectivity index (χ2v) is 4.48. The molecule has 84 valence electrons. The zero-order valence-electron chi connectivity index (χ0n) is 9.26. The van der Waals surface area contributed by atoms with Crippen LogP contribution in [-0.4, -0.2) is 17.6 Å². The lowest BCUT2D eigenvalue weighted by molar-refractivity contribution is 0.645. The van der Waals surface area contributed by atoms with Gasteiger partial charge in [-0.25, -0.2) is 4.98 Å². The third-order valence-corrected chi connectivity index (χ3v) is 3.13. The van der Waals surface area contributed by atoms with Gasteiger partial charge >= 0.3 is 0 Å². The van der Waals surface area contributed by atoms with Crippen molar-refractivity contribution < 1.29 is 0 Å². The molecule has 0 bridgehead atoms. The van der Waals surface area contributed by atoms with Crippen molar-refractivity contribution in [2.45, 2.75) is 32.7 Å². The summed E-state index contributed by atoms with van der Waals surface area (Å²) in [6, 6.07) is 4.29. The molecule has 0 spiro atoms. The van der Waals surface area contributed by atoms with E-state index in [0.29, 0.717) is 12.6 Å². The average molecular weight is 272 g/mol. The number of hydrogen-bond acceptors (Lipinski definition) is 3. The summed E-state index contributed by atoms with van der Waals surface area (Å²) in [5.74, 6) is 0.902. The van der Waals surface area contributed by atoms with Crippen LogP contribution in [0.2, 0.25) is 0 Å². The number of halogens is 1. The van der Waals surface area contributed by atoms with Gasteiger partial charge in [-0.2, -0.15) is 0 Å². The normalized spacial score (nSPS) is 12.5. The highest BCUT2D eigenvalue weighted by Gasteiger charge is 2.06. The van der Waals surface area contributed by atoms with E-state index >= 15 is 0 Å². The first-order chi connectivity index (χ1) is 7.17. The molecule has 1 heterocycles. The molecular weight excluding hydrogens is 254 g/mol. The molecule has 4 heteroatoms. The van der Waals surface area contributed by atoms with Gasteiger partial charge in [-0.05, 0) is 41.4 Å².